The van der Waals surface area contributed by atoms with Gasteiger partial charge in [-0.1, -0.05) is 6.07 Å². The first-order chi connectivity index (χ1) is 13.5. The largest absolute Gasteiger partial charge is 0.466 e. The number of nitrogens with zero attached hydrogens (tertiary/aromatic N) is 3. The average Bonchev–Trinajstić information content (AvgIpc) is 3.14. The summed E-state index contributed by atoms with van der Waals surface area (Å²) in [7, 11) is 1.31. The molecule has 0 spiro atoms. The quantitative estimate of drug-likeness (QED) is 0.581. The summed E-state index contributed by atoms with van der Waals surface area (Å²) < 4.78 is 32.0. The lowest BCUT2D eigenvalue weighted by Crippen LogP contribution is -2.28. The van der Waals surface area contributed by atoms with E-state index >= 15 is 0 Å². The molecule has 2 heterocycles. The predicted molar refractivity (Wildman–Crippen MR) is 102 cm³/mol. The highest BCUT2D eigenvalue weighted by molar-refractivity contribution is 5.86. The number of benzene rings is 1. The van der Waals surface area contributed by atoms with Crippen molar-refractivity contribution in [2.45, 2.75) is 18.9 Å². The molecule has 0 saturated carbocycles. The van der Waals surface area contributed by atoms with Crippen LogP contribution < -0.4 is 5.32 Å². The van der Waals surface area contributed by atoms with Crippen LogP contribution in [0, 0.1) is 11.6 Å². The molecule has 0 amide bonds. The number of hydrogen-bond acceptors (Lipinski definition) is 6. The van der Waals surface area contributed by atoms with Gasteiger partial charge in [0.25, 0.3) is 0 Å². The van der Waals surface area contributed by atoms with Gasteiger partial charge in [0.05, 0.1) is 25.2 Å². The number of methoxy groups -OCH3 is 1. The van der Waals surface area contributed by atoms with Crippen molar-refractivity contribution in [1.29, 1.82) is 0 Å². The number of ether oxygens (including phenoxy) is 1. The van der Waals surface area contributed by atoms with Crippen molar-refractivity contribution < 1.29 is 18.3 Å². The second-order valence-corrected chi connectivity index (χ2v) is 6.56. The standard InChI is InChI=1S/C20H22F2N4O2/c1-28-20(27)6-5-14-11-24-19(12-23-14)25-15-7-9-26(13-15)10-8-16-17(21)3-2-4-18(16)22/h2-6,11-12,15H,7-10,13H2,1H3,(H,24,25)/t15-/m1/s1. The lowest BCUT2D eigenvalue weighted by atomic mass is 10.1. The number of halogens is 2. The van der Waals surface area contributed by atoms with Crippen LogP contribution in [0.4, 0.5) is 14.6 Å². The zero-order chi connectivity index (χ0) is 19.9. The number of carbonyl (C=O) groups is 1. The molecule has 1 aromatic heterocycles. The smallest absolute Gasteiger partial charge is 0.330 e. The number of anilines is 1. The number of carbonyl (C=O) groups excluding carboxylic acids is 1. The molecule has 6 nitrogen and oxygen atoms in total. The zero-order valence-corrected chi connectivity index (χ0v) is 15.6. The van der Waals surface area contributed by atoms with E-state index in [2.05, 4.69) is 24.9 Å². The van der Waals surface area contributed by atoms with Gasteiger partial charge in [0, 0.05) is 37.3 Å². The summed E-state index contributed by atoms with van der Waals surface area (Å²) in [6, 6.07) is 4.14. The Labute approximate surface area is 162 Å². The van der Waals surface area contributed by atoms with Crippen molar-refractivity contribution in [3.63, 3.8) is 0 Å². The molecule has 8 heteroatoms. The van der Waals surface area contributed by atoms with E-state index < -0.39 is 17.6 Å². The fraction of sp³-hybridized carbons (Fsp3) is 0.350. The van der Waals surface area contributed by atoms with Gasteiger partial charge in [0.2, 0.25) is 0 Å². The molecule has 2 aromatic rings. The van der Waals surface area contributed by atoms with Gasteiger partial charge in [-0.15, -0.1) is 0 Å². The average molecular weight is 388 g/mol. The van der Waals surface area contributed by atoms with Gasteiger partial charge in [0.1, 0.15) is 17.5 Å². The number of nitrogens with one attached hydrogen (secondary N) is 1. The lowest BCUT2D eigenvalue weighted by Gasteiger charge is -2.17. The van der Waals surface area contributed by atoms with Gasteiger partial charge in [-0.05, 0) is 31.1 Å². The molecule has 0 radical (unpaired) electrons. The Morgan fingerprint density at radius 2 is 2.11 bits per heavy atom. The van der Waals surface area contributed by atoms with Crippen molar-refractivity contribution >= 4 is 17.9 Å². The maximum atomic E-state index is 13.7. The van der Waals surface area contributed by atoms with E-state index in [1.165, 1.54) is 37.5 Å². The Morgan fingerprint density at radius 1 is 1.32 bits per heavy atom. The summed E-state index contributed by atoms with van der Waals surface area (Å²) in [5, 5.41) is 3.32. The Kier molecular flexibility index (Phi) is 6.65. The first kappa shape index (κ1) is 19.9. The van der Waals surface area contributed by atoms with Crippen LogP contribution in [-0.2, 0) is 16.0 Å². The van der Waals surface area contributed by atoms with E-state index in [0.717, 1.165) is 19.5 Å². The minimum Gasteiger partial charge on any atom is -0.466 e. The van der Waals surface area contributed by atoms with E-state index in [-0.39, 0.29) is 11.6 Å². The van der Waals surface area contributed by atoms with Crippen molar-refractivity contribution in [1.82, 2.24) is 14.9 Å². The van der Waals surface area contributed by atoms with E-state index in [1.54, 1.807) is 12.4 Å². The van der Waals surface area contributed by atoms with E-state index in [9.17, 15) is 13.6 Å². The summed E-state index contributed by atoms with van der Waals surface area (Å²) in [5.41, 5.74) is 0.691. The van der Waals surface area contributed by atoms with Gasteiger partial charge >= 0.3 is 5.97 Å². The Balaban J connectivity index is 1.48. The molecule has 28 heavy (non-hydrogen) atoms. The molecule has 0 aliphatic carbocycles. The molecule has 148 valence electrons. The minimum atomic E-state index is -0.495. The molecular weight excluding hydrogens is 366 g/mol. The predicted octanol–water partition coefficient (Wildman–Crippen LogP) is 2.67. The van der Waals surface area contributed by atoms with Crippen molar-refractivity contribution in [2.75, 3.05) is 32.1 Å². The normalized spacial score (nSPS) is 17.2. The van der Waals surface area contributed by atoms with E-state index in [4.69, 9.17) is 0 Å². The minimum absolute atomic E-state index is 0.139. The Hall–Kier alpha value is -2.87. The van der Waals surface area contributed by atoms with Crippen molar-refractivity contribution in [3.8, 4) is 0 Å². The molecule has 1 atom stereocenters. The maximum absolute atomic E-state index is 13.7. The number of hydrogen-bond donors (Lipinski definition) is 1. The lowest BCUT2D eigenvalue weighted by molar-refractivity contribution is -0.134. The number of likely N-dealkylation sites (tertiary alicyclic amines) is 1. The highest BCUT2D eigenvalue weighted by Gasteiger charge is 2.23. The molecule has 0 unspecified atom stereocenters. The third-order valence-corrected chi connectivity index (χ3v) is 4.63. The summed E-state index contributed by atoms with van der Waals surface area (Å²) in [5.74, 6) is -0.802. The molecule has 0 bridgehead atoms. The first-order valence-electron chi connectivity index (χ1n) is 9.05. The van der Waals surface area contributed by atoms with E-state index in [0.29, 0.717) is 24.5 Å². The van der Waals surface area contributed by atoms with Crippen LogP contribution in [0.15, 0.2) is 36.7 Å². The molecule has 1 N–H and O–H groups in total. The van der Waals surface area contributed by atoms with Gasteiger partial charge in [0.15, 0.2) is 0 Å². The Bertz CT molecular complexity index is 822. The highest BCUT2D eigenvalue weighted by Crippen LogP contribution is 2.17. The van der Waals surface area contributed by atoms with Crippen LogP contribution in [0.3, 0.4) is 0 Å². The summed E-state index contributed by atoms with van der Waals surface area (Å²) in [6.45, 7) is 2.21. The van der Waals surface area contributed by atoms with Crippen LogP contribution in [0.5, 0.6) is 0 Å². The molecule has 1 aliphatic heterocycles. The molecule has 1 fully saturated rings. The maximum Gasteiger partial charge on any atom is 0.330 e. The zero-order valence-electron chi connectivity index (χ0n) is 15.6. The summed E-state index contributed by atoms with van der Waals surface area (Å²) in [6.07, 6.45) is 7.23. The third kappa shape index (κ3) is 5.32. The molecule has 1 aliphatic rings. The number of esters is 1. The van der Waals surface area contributed by atoms with Crippen LogP contribution >= 0.6 is 0 Å². The van der Waals surface area contributed by atoms with E-state index in [1.807, 2.05) is 0 Å². The monoisotopic (exact) mass is 388 g/mol. The third-order valence-electron chi connectivity index (χ3n) is 4.63. The first-order valence-corrected chi connectivity index (χ1v) is 9.05. The highest BCUT2D eigenvalue weighted by atomic mass is 19.1. The number of aromatic nitrogens is 2. The van der Waals surface area contributed by atoms with Crippen molar-refractivity contribution in [3.05, 3.63) is 59.6 Å². The summed E-state index contributed by atoms with van der Waals surface area (Å²) >= 11 is 0. The fourth-order valence-corrected chi connectivity index (χ4v) is 3.12. The second kappa shape index (κ2) is 9.36. The Morgan fingerprint density at radius 3 is 2.79 bits per heavy atom. The second-order valence-electron chi connectivity index (χ2n) is 6.56. The number of rotatable bonds is 7. The van der Waals surface area contributed by atoms with Crippen LogP contribution in [0.1, 0.15) is 17.7 Å². The van der Waals surface area contributed by atoms with Gasteiger partial charge in [-0.2, -0.15) is 0 Å². The summed E-state index contributed by atoms with van der Waals surface area (Å²) in [4.78, 5) is 21.8. The fourth-order valence-electron chi connectivity index (χ4n) is 3.12. The van der Waals surface area contributed by atoms with Gasteiger partial charge in [-0.3, -0.25) is 4.98 Å². The molecule has 1 aromatic carbocycles. The van der Waals surface area contributed by atoms with Crippen LogP contribution in [0.25, 0.3) is 6.08 Å². The topological polar surface area (TPSA) is 67.3 Å². The molecular formula is C20H22F2N4O2. The molecule has 1 saturated heterocycles. The van der Waals surface area contributed by atoms with Crippen molar-refractivity contribution in [2.24, 2.45) is 0 Å². The SMILES string of the molecule is COC(=O)C=Cc1cnc(N[C@@H]2CCN(CCc3c(F)cccc3F)C2)cn1. The van der Waals surface area contributed by atoms with Gasteiger partial charge in [-0.25, -0.2) is 18.6 Å². The molecule has 3 rings (SSSR count). The van der Waals surface area contributed by atoms with Crippen LogP contribution in [0.2, 0.25) is 0 Å². The van der Waals surface area contributed by atoms with Crippen LogP contribution in [-0.4, -0.2) is 53.6 Å². The van der Waals surface area contributed by atoms with Gasteiger partial charge < -0.3 is 15.0 Å².